The molecule has 6 heteroatoms. The zero-order chi connectivity index (χ0) is 40.2. The fourth-order valence-electron chi connectivity index (χ4n) is 9.22. The van der Waals surface area contributed by atoms with Crippen LogP contribution in [0.1, 0.15) is 139 Å². The van der Waals surface area contributed by atoms with Crippen LogP contribution in [0.15, 0.2) is 47.1 Å². The van der Waals surface area contributed by atoms with E-state index in [1.165, 1.54) is 47.1 Å². The number of allylic oxidation sites excluding steroid dienone is 2. The molecule has 1 aromatic rings. The quantitative estimate of drug-likeness (QED) is 0.175. The molecule has 1 aromatic carbocycles. The summed E-state index contributed by atoms with van der Waals surface area (Å²) in [5.41, 5.74) is 6.72. The summed E-state index contributed by atoms with van der Waals surface area (Å²) in [6, 6.07) is 9.31. The Morgan fingerprint density at radius 1 is 0.830 bits per heavy atom. The molecule has 0 heterocycles. The van der Waals surface area contributed by atoms with Crippen LogP contribution in [0, 0.1) is 35.0 Å². The van der Waals surface area contributed by atoms with Gasteiger partial charge in [-0.2, -0.15) is 0 Å². The molecule has 7 atom stereocenters. The second-order valence-electron chi connectivity index (χ2n) is 22.2. The average molecular weight is 777 g/mol. The van der Waals surface area contributed by atoms with Crippen molar-refractivity contribution >= 4 is 25.0 Å². The molecule has 1 unspecified atom stereocenters. The molecule has 298 valence electrons. The van der Waals surface area contributed by atoms with E-state index >= 15 is 0 Å². The Morgan fingerprint density at radius 3 is 2.02 bits per heavy atom. The van der Waals surface area contributed by atoms with E-state index in [0.717, 1.165) is 19.3 Å². The van der Waals surface area contributed by atoms with Gasteiger partial charge in [-0.3, -0.25) is 0 Å². The van der Waals surface area contributed by atoms with E-state index in [0.29, 0.717) is 23.7 Å². The Kier molecular flexibility index (Phi) is 13.1. The maximum Gasteiger partial charge on any atom is 0.192 e. The Morgan fingerprint density at radius 2 is 1.43 bits per heavy atom. The lowest BCUT2D eigenvalue weighted by Gasteiger charge is -2.45. The summed E-state index contributed by atoms with van der Waals surface area (Å²) in [5, 5.41) is 0.316. The van der Waals surface area contributed by atoms with Crippen molar-refractivity contribution in [2.75, 3.05) is 0 Å². The summed E-state index contributed by atoms with van der Waals surface area (Å²) < 4.78 is 21.0. The Hall–Kier alpha value is -1.21. The lowest BCUT2D eigenvalue weighted by atomic mass is 9.60. The van der Waals surface area contributed by atoms with Crippen molar-refractivity contribution in [1.29, 1.82) is 0 Å². The highest BCUT2D eigenvalue weighted by Gasteiger charge is 2.51. The van der Waals surface area contributed by atoms with E-state index in [2.05, 4.69) is 171 Å². The second kappa shape index (κ2) is 15.6. The molecular weight excluding hydrogens is 697 g/mol. The van der Waals surface area contributed by atoms with Gasteiger partial charge in [0.1, 0.15) is 0 Å². The van der Waals surface area contributed by atoms with Crippen LogP contribution in [-0.2, 0) is 18.9 Å². The number of fused-ring (bicyclic) bond motifs is 1. The molecule has 0 radical (unpaired) electrons. The summed E-state index contributed by atoms with van der Waals surface area (Å²) in [5.74, 6) is 9.95. The van der Waals surface area contributed by atoms with Crippen molar-refractivity contribution in [2.24, 2.45) is 23.2 Å². The Balaban J connectivity index is 1.60. The number of hydrogen-bond donors (Lipinski definition) is 0. The summed E-state index contributed by atoms with van der Waals surface area (Å²) in [4.78, 5) is 0. The third-order valence-electron chi connectivity index (χ3n) is 14.7. The van der Waals surface area contributed by atoms with Gasteiger partial charge >= 0.3 is 0 Å². The van der Waals surface area contributed by atoms with Crippen LogP contribution in [0.4, 0.5) is 0 Å². The zero-order valence-corrected chi connectivity index (χ0v) is 40.8. The van der Waals surface area contributed by atoms with E-state index in [-0.39, 0.29) is 33.3 Å². The topological polar surface area (TPSA) is 27.7 Å². The highest BCUT2D eigenvalue weighted by molar-refractivity contribution is 6.74. The lowest BCUT2D eigenvalue weighted by Crippen LogP contribution is -2.49. The molecule has 1 fully saturated rings. The standard InChI is InChI=1S/C47H80O3Si3/c1-33(37-22-20-24-39(30-37)46(10,11)50-51(13,14)15)34(2)41-27-28-42-36(23-21-29-47(41,42)12)25-26-38-31-40(48-52(16,17)44(4,5)6)32-43(35(38)3)49-53(18,19)45(7,8)9/h20,22-24,30,33-34,40-43H,21,27-29,31-32H2,1-19H3/t33?,34-,40-,41-,42+,43+,47-/m1/s1. The van der Waals surface area contributed by atoms with Crippen LogP contribution in [0.3, 0.4) is 0 Å². The maximum absolute atomic E-state index is 7.17. The summed E-state index contributed by atoms with van der Waals surface area (Å²) in [7, 11) is -5.64. The summed E-state index contributed by atoms with van der Waals surface area (Å²) >= 11 is 0. The van der Waals surface area contributed by atoms with Crippen LogP contribution in [0.25, 0.3) is 0 Å². The molecule has 0 spiro atoms. The van der Waals surface area contributed by atoms with Crippen molar-refractivity contribution < 1.29 is 13.3 Å². The molecule has 0 aliphatic heterocycles. The molecule has 0 bridgehead atoms. The van der Waals surface area contributed by atoms with Crippen LogP contribution in [0.2, 0.25) is 55.9 Å². The van der Waals surface area contributed by atoms with Crippen LogP contribution in [0.5, 0.6) is 0 Å². The van der Waals surface area contributed by atoms with Crippen LogP contribution >= 0.6 is 0 Å². The molecule has 53 heavy (non-hydrogen) atoms. The SMILES string of the molecule is CC1=C(C#CC2=CCC[C@]3(C)[C@@H]([C@H](C)C(C)c4cccc(C(C)(C)O[Si](C)(C)C)c4)CC[C@@H]23)C[C@@H](O[Si](C)(C)C(C)(C)C)C[C@@H]1O[Si](C)(C)C(C)(C)C. The van der Waals surface area contributed by atoms with Crippen molar-refractivity contribution in [3.63, 3.8) is 0 Å². The number of hydrogen-bond acceptors (Lipinski definition) is 3. The normalized spacial score (nSPS) is 27.5. The molecule has 3 aliphatic rings. The van der Waals surface area contributed by atoms with Gasteiger partial charge in [-0.1, -0.05) is 104 Å². The first-order valence-corrected chi connectivity index (χ1v) is 30.3. The first-order valence-electron chi connectivity index (χ1n) is 21.1. The van der Waals surface area contributed by atoms with Gasteiger partial charge in [-0.25, -0.2) is 0 Å². The predicted octanol–water partition coefficient (Wildman–Crippen LogP) is 14.2. The van der Waals surface area contributed by atoms with Crippen LogP contribution < -0.4 is 0 Å². The minimum atomic E-state index is -1.99. The van der Waals surface area contributed by atoms with E-state index in [4.69, 9.17) is 13.3 Å². The smallest absolute Gasteiger partial charge is 0.192 e. The number of rotatable bonds is 10. The fraction of sp³-hybridized carbons (Fsp3) is 0.745. The summed E-state index contributed by atoms with van der Waals surface area (Å²) in [6.07, 6.45) is 9.44. The van der Waals surface area contributed by atoms with Gasteiger partial charge < -0.3 is 13.3 Å². The van der Waals surface area contributed by atoms with E-state index in [9.17, 15) is 0 Å². The highest BCUT2D eigenvalue weighted by Crippen LogP contribution is 2.59. The molecular formula is C47H80O3Si3. The monoisotopic (exact) mass is 777 g/mol. The van der Waals surface area contributed by atoms with Crippen LogP contribution in [-0.4, -0.2) is 37.2 Å². The predicted molar refractivity (Wildman–Crippen MR) is 237 cm³/mol. The minimum Gasteiger partial charge on any atom is -0.413 e. The Bertz CT molecular complexity index is 1580. The van der Waals surface area contributed by atoms with Gasteiger partial charge in [0.25, 0.3) is 0 Å². The van der Waals surface area contributed by atoms with Gasteiger partial charge in [0.15, 0.2) is 25.0 Å². The van der Waals surface area contributed by atoms with Gasteiger partial charge in [-0.15, -0.1) is 0 Å². The third-order valence-corrected chi connectivity index (χ3v) is 24.8. The maximum atomic E-state index is 7.17. The van der Waals surface area contributed by atoms with E-state index in [1.807, 2.05) is 0 Å². The summed E-state index contributed by atoms with van der Waals surface area (Å²) in [6.45, 7) is 44.9. The van der Waals surface area contributed by atoms with Crippen molar-refractivity contribution in [3.8, 4) is 11.8 Å². The molecule has 0 aromatic heterocycles. The second-order valence-corrected chi connectivity index (χ2v) is 36.1. The van der Waals surface area contributed by atoms with Crippen molar-refractivity contribution in [3.05, 3.63) is 58.2 Å². The average Bonchev–Trinajstić information content (AvgIpc) is 3.36. The molecule has 0 N–H and O–H groups in total. The van der Waals surface area contributed by atoms with E-state index in [1.54, 1.807) is 0 Å². The Labute approximate surface area is 331 Å². The minimum absolute atomic E-state index is 0.0682. The highest BCUT2D eigenvalue weighted by atomic mass is 28.4. The van der Waals surface area contributed by atoms with Gasteiger partial charge in [0, 0.05) is 24.0 Å². The van der Waals surface area contributed by atoms with Gasteiger partial charge in [-0.05, 0) is 148 Å². The van der Waals surface area contributed by atoms with Crippen molar-refractivity contribution in [2.45, 2.75) is 201 Å². The molecule has 3 nitrogen and oxygen atoms in total. The third kappa shape index (κ3) is 10.0. The first kappa shape index (κ1) is 44.5. The molecule has 0 saturated heterocycles. The molecule has 3 aliphatic carbocycles. The largest absolute Gasteiger partial charge is 0.413 e. The van der Waals surface area contributed by atoms with Gasteiger partial charge in [0.2, 0.25) is 0 Å². The fourth-order valence-corrected chi connectivity index (χ4v) is 13.6. The van der Waals surface area contributed by atoms with E-state index < -0.39 is 25.0 Å². The molecule has 4 rings (SSSR count). The van der Waals surface area contributed by atoms with Crippen molar-refractivity contribution in [1.82, 2.24) is 0 Å². The lowest BCUT2D eigenvalue weighted by molar-refractivity contribution is 0.0983. The molecule has 1 saturated carbocycles. The van der Waals surface area contributed by atoms with Gasteiger partial charge in [0.05, 0.1) is 17.8 Å². The number of benzene rings is 1. The zero-order valence-electron chi connectivity index (χ0n) is 37.8. The first-order chi connectivity index (χ1) is 24.0. The molecule has 0 amide bonds.